The van der Waals surface area contributed by atoms with Gasteiger partial charge in [-0.25, -0.2) is 0 Å². The Bertz CT molecular complexity index is 763. The zero-order chi connectivity index (χ0) is 16.9. The lowest BCUT2D eigenvalue weighted by atomic mass is 10.1. The highest BCUT2D eigenvalue weighted by Crippen LogP contribution is 2.23. The summed E-state index contributed by atoms with van der Waals surface area (Å²) in [4.78, 5) is 25.9. The van der Waals surface area contributed by atoms with E-state index in [0.29, 0.717) is 12.1 Å². The van der Waals surface area contributed by atoms with Gasteiger partial charge in [0.2, 0.25) is 0 Å². The predicted octanol–water partition coefficient (Wildman–Crippen LogP) is 3.08. The minimum absolute atomic E-state index is 0.207. The van der Waals surface area contributed by atoms with Gasteiger partial charge in [0.05, 0.1) is 12.7 Å². The summed E-state index contributed by atoms with van der Waals surface area (Å²) in [6, 6.07) is 17.1. The number of benzene rings is 2. The van der Waals surface area contributed by atoms with Gasteiger partial charge in [-0.15, -0.1) is 0 Å². The summed E-state index contributed by atoms with van der Waals surface area (Å²) < 4.78 is 5.13. The van der Waals surface area contributed by atoms with Gasteiger partial charge in [0.1, 0.15) is 5.75 Å². The van der Waals surface area contributed by atoms with Crippen molar-refractivity contribution in [3.05, 3.63) is 71.8 Å². The molecule has 1 aliphatic rings. The van der Waals surface area contributed by atoms with Crippen LogP contribution in [0.5, 0.6) is 5.75 Å². The number of methoxy groups -OCH3 is 1. The van der Waals surface area contributed by atoms with Crippen molar-refractivity contribution in [3.63, 3.8) is 0 Å². The Balaban J connectivity index is 1.58. The van der Waals surface area contributed by atoms with E-state index in [4.69, 9.17) is 4.74 Å². The van der Waals surface area contributed by atoms with Crippen LogP contribution < -0.4 is 4.74 Å². The number of carbonyl (C=O) groups excluding carboxylic acids is 2. The summed E-state index contributed by atoms with van der Waals surface area (Å²) in [5, 5.41) is 0. The molecular formula is C20H19NO3. The van der Waals surface area contributed by atoms with E-state index in [2.05, 4.69) is 0 Å². The Morgan fingerprint density at radius 1 is 0.958 bits per heavy atom. The third kappa shape index (κ3) is 3.38. The largest absolute Gasteiger partial charge is 0.497 e. The molecular weight excluding hydrogens is 302 g/mol. The number of nitrogens with zero attached hydrogens (tertiary/aromatic N) is 1. The van der Waals surface area contributed by atoms with E-state index in [-0.39, 0.29) is 11.8 Å². The molecule has 24 heavy (non-hydrogen) atoms. The first kappa shape index (κ1) is 16.0. The van der Waals surface area contributed by atoms with Gasteiger partial charge in [-0.1, -0.05) is 42.5 Å². The third-order valence-corrected chi connectivity index (χ3v) is 4.10. The van der Waals surface area contributed by atoms with Crippen molar-refractivity contribution >= 4 is 17.4 Å². The van der Waals surface area contributed by atoms with E-state index in [1.807, 2.05) is 54.6 Å². The summed E-state index contributed by atoms with van der Waals surface area (Å²) >= 11 is 0. The molecule has 4 heteroatoms. The second-order valence-corrected chi connectivity index (χ2v) is 5.67. The monoisotopic (exact) mass is 321 g/mol. The van der Waals surface area contributed by atoms with E-state index in [1.54, 1.807) is 7.11 Å². The van der Waals surface area contributed by atoms with Crippen LogP contribution in [0.2, 0.25) is 0 Å². The molecule has 0 bridgehead atoms. The van der Waals surface area contributed by atoms with Crippen LogP contribution in [-0.2, 0) is 16.0 Å². The van der Waals surface area contributed by atoms with E-state index in [0.717, 1.165) is 29.7 Å². The maximum Gasteiger partial charge on any atom is 0.261 e. The molecule has 1 aliphatic heterocycles. The van der Waals surface area contributed by atoms with Crippen LogP contribution in [-0.4, -0.2) is 30.4 Å². The number of carbonyl (C=O) groups is 2. The molecule has 0 atom stereocenters. The highest BCUT2D eigenvalue weighted by molar-refractivity contribution is 6.33. The highest BCUT2D eigenvalue weighted by atomic mass is 16.5. The number of hydrogen-bond acceptors (Lipinski definition) is 3. The van der Waals surface area contributed by atoms with Crippen LogP contribution in [0, 0.1) is 0 Å². The van der Waals surface area contributed by atoms with E-state index in [9.17, 15) is 9.59 Å². The molecule has 0 fully saturated rings. The fourth-order valence-corrected chi connectivity index (χ4v) is 2.78. The molecule has 0 saturated heterocycles. The molecule has 2 amide bonds. The summed E-state index contributed by atoms with van der Waals surface area (Å²) in [6.45, 7) is 0.427. The van der Waals surface area contributed by atoms with Gasteiger partial charge in [-0.2, -0.15) is 0 Å². The maximum atomic E-state index is 12.5. The summed E-state index contributed by atoms with van der Waals surface area (Å²) in [5.41, 5.74) is 2.42. The number of imide groups is 1. The molecule has 2 aromatic carbocycles. The second kappa shape index (κ2) is 7.13. The van der Waals surface area contributed by atoms with Crippen molar-refractivity contribution in [3.8, 4) is 5.75 Å². The first-order valence-corrected chi connectivity index (χ1v) is 7.95. The molecule has 0 radical (unpaired) electrons. The first-order chi connectivity index (χ1) is 11.7. The highest BCUT2D eigenvalue weighted by Gasteiger charge is 2.30. The average Bonchev–Trinajstić information content (AvgIpc) is 2.91. The Labute approximate surface area is 141 Å². The molecule has 0 N–H and O–H groups in total. The van der Waals surface area contributed by atoms with Crippen molar-refractivity contribution in [2.75, 3.05) is 13.7 Å². The molecule has 2 aromatic rings. The van der Waals surface area contributed by atoms with Crippen LogP contribution in [0.3, 0.4) is 0 Å². The van der Waals surface area contributed by atoms with Crippen molar-refractivity contribution < 1.29 is 14.3 Å². The van der Waals surface area contributed by atoms with E-state index >= 15 is 0 Å². The summed E-state index contributed by atoms with van der Waals surface area (Å²) in [6.07, 6.45) is 2.98. The third-order valence-electron chi connectivity index (χ3n) is 4.10. The molecule has 0 aromatic heterocycles. The number of amides is 2. The fourth-order valence-electron chi connectivity index (χ4n) is 2.78. The van der Waals surface area contributed by atoms with Gasteiger partial charge < -0.3 is 4.74 Å². The molecule has 0 aliphatic carbocycles. The SMILES string of the molecule is COc1ccc(CCCN2C(=O)C=C(c3ccccc3)C2=O)cc1. The maximum absolute atomic E-state index is 12.5. The van der Waals surface area contributed by atoms with Crippen molar-refractivity contribution in [1.29, 1.82) is 0 Å². The molecule has 122 valence electrons. The summed E-state index contributed by atoms with van der Waals surface area (Å²) in [5.74, 6) is 0.384. The quantitative estimate of drug-likeness (QED) is 0.768. The molecule has 0 spiro atoms. The lowest BCUT2D eigenvalue weighted by Gasteiger charge is -2.14. The van der Waals surface area contributed by atoms with Crippen LogP contribution in [0.15, 0.2) is 60.7 Å². The molecule has 1 heterocycles. The van der Waals surface area contributed by atoms with Crippen LogP contribution in [0.25, 0.3) is 5.57 Å². The van der Waals surface area contributed by atoms with Gasteiger partial charge in [0.25, 0.3) is 11.8 Å². The Morgan fingerprint density at radius 3 is 2.33 bits per heavy atom. The van der Waals surface area contributed by atoms with Crippen molar-refractivity contribution in [2.24, 2.45) is 0 Å². The topological polar surface area (TPSA) is 46.6 Å². The van der Waals surface area contributed by atoms with Gasteiger partial charge in [0.15, 0.2) is 0 Å². The number of ether oxygens (including phenoxy) is 1. The predicted molar refractivity (Wildman–Crippen MR) is 92.5 cm³/mol. The van der Waals surface area contributed by atoms with Crippen LogP contribution in [0.4, 0.5) is 0 Å². The smallest absolute Gasteiger partial charge is 0.261 e. The van der Waals surface area contributed by atoms with Crippen LogP contribution in [0.1, 0.15) is 17.5 Å². The van der Waals surface area contributed by atoms with E-state index < -0.39 is 0 Å². The zero-order valence-corrected chi connectivity index (χ0v) is 13.6. The van der Waals surface area contributed by atoms with Gasteiger partial charge in [0, 0.05) is 12.6 Å². The lowest BCUT2D eigenvalue weighted by molar-refractivity contribution is -0.136. The average molecular weight is 321 g/mol. The number of rotatable bonds is 6. The van der Waals surface area contributed by atoms with Gasteiger partial charge in [-0.05, 0) is 36.1 Å². The Kier molecular flexibility index (Phi) is 4.75. The number of aryl methyl sites for hydroxylation is 1. The standard InChI is InChI=1S/C20H19NO3/c1-24-17-11-9-15(10-12-17)6-5-13-21-19(22)14-18(20(21)23)16-7-3-2-4-8-16/h2-4,7-12,14H,5-6,13H2,1H3. The molecule has 0 saturated carbocycles. The minimum Gasteiger partial charge on any atom is -0.497 e. The van der Waals surface area contributed by atoms with Gasteiger partial charge >= 0.3 is 0 Å². The van der Waals surface area contributed by atoms with Crippen molar-refractivity contribution in [1.82, 2.24) is 4.90 Å². The lowest BCUT2D eigenvalue weighted by Crippen LogP contribution is -2.32. The summed E-state index contributed by atoms with van der Waals surface area (Å²) in [7, 11) is 1.64. The molecule has 3 rings (SSSR count). The first-order valence-electron chi connectivity index (χ1n) is 7.95. The Hall–Kier alpha value is -2.88. The normalized spacial score (nSPS) is 14.0. The minimum atomic E-state index is -0.228. The van der Waals surface area contributed by atoms with E-state index in [1.165, 1.54) is 11.0 Å². The Morgan fingerprint density at radius 2 is 1.67 bits per heavy atom. The molecule has 0 unspecified atom stereocenters. The molecule has 4 nitrogen and oxygen atoms in total. The second-order valence-electron chi connectivity index (χ2n) is 5.67. The zero-order valence-electron chi connectivity index (χ0n) is 13.6. The van der Waals surface area contributed by atoms with Gasteiger partial charge in [-0.3, -0.25) is 14.5 Å². The van der Waals surface area contributed by atoms with Crippen molar-refractivity contribution in [2.45, 2.75) is 12.8 Å². The fraction of sp³-hybridized carbons (Fsp3) is 0.200. The van der Waals surface area contributed by atoms with Crippen LogP contribution >= 0.6 is 0 Å². The number of hydrogen-bond donors (Lipinski definition) is 0.